The number of nitrogens with zero attached hydrogens (tertiary/aromatic N) is 1. The van der Waals surface area contributed by atoms with Crippen molar-refractivity contribution in [1.82, 2.24) is 4.90 Å². The van der Waals surface area contributed by atoms with Gasteiger partial charge in [0.2, 0.25) is 5.91 Å². The summed E-state index contributed by atoms with van der Waals surface area (Å²) < 4.78 is 0. The molecule has 0 fully saturated rings. The molecule has 4 N–H and O–H groups in total. The van der Waals surface area contributed by atoms with Gasteiger partial charge in [0.1, 0.15) is 11.8 Å². The Labute approximate surface area is 145 Å². The maximum Gasteiger partial charge on any atom is 0.332 e. The smallest absolute Gasteiger partial charge is 0.332 e. The van der Waals surface area contributed by atoms with Crippen LogP contribution in [0.15, 0.2) is 11.6 Å². The Morgan fingerprint density at radius 3 is 2.29 bits per heavy atom. The first kappa shape index (κ1) is 20.2. The molecule has 2 amide bonds. The number of aliphatic carboxylic acids is 2. The number of carboxylic acid groups (broad SMARTS) is 2. The molecule has 0 spiro atoms. The number of carbonyl (C=O) groups is 5. The molecular weight excluding hydrogens is 360 g/mol. The molecular formula is C13H16N2O7S2. The first-order valence-electron chi connectivity index (χ1n) is 6.68. The van der Waals surface area contributed by atoms with Gasteiger partial charge in [0.25, 0.3) is 5.91 Å². The molecule has 1 aliphatic rings. The van der Waals surface area contributed by atoms with Crippen LogP contribution in [-0.4, -0.2) is 68.2 Å². The Hall–Kier alpha value is -1.85. The van der Waals surface area contributed by atoms with E-state index in [4.69, 9.17) is 10.8 Å². The maximum absolute atomic E-state index is 12.0. The first-order valence-corrected chi connectivity index (χ1v) is 9.17. The SMILES string of the molecule is CC(=O)C(N)CSSCC(C(=O)O)N1C(=O)C=C(C(=O)O)CC1=O. The van der Waals surface area contributed by atoms with Crippen molar-refractivity contribution in [3.63, 3.8) is 0 Å². The normalized spacial score (nSPS) is 17.2. The van der Waals surface area contributed by atoms with E-state index >= 15 is 0 Å². The molecule has 9 nitrogen and oxygen atoms in total. The number of amides is 2. The third kappa shape index (κ3) is 5.35. The highest BCUT2D eigenvalue weighted by Gasteiger charge is 2.38. The van der Waals surface area contributed by atoms with Gasteiger partial charge in [0.15, 0.2) is 0 Å². The molecule has 1 rings (SSSR count). The number of hydrogen-bond donors (Lipinski definition) is 3. The summed E-state index contributed by atoms with van der Waals surface area (Å²) in [6.45, 7) is 1.34. The Morgan fingerprint density at radius 2 is 1.83 bits per heavy atom. The number of nitrogens with two attached hydrogens (primary N) is 1. The Bertz CT molecular complexity index is 605. The number of carboxylic acids is 2. The van der Waals surface area contributed by atoms with Crippen LogP contribution >= 0.6 is 21.6 Å². The van der Waals surface area contributed by atoms with E-state index in [2.05, 4.69) is 0 Å². The molecule has 0 radical (unpaired) electrons. The zero-order chi connectivity index (χ0) is 18.4. The average Bonchev–Trinajstić information content (AvgIpc) is 2.47. The minimum Gasteiger partial charge on any atom is -0.480 e. The number of hydrogen-bond acceptors (Lipinski definition) is 8. The molecule has 0 aliphatic carbocycles. The van der Waals surface area contributed by atoms with Crippen LogP contribution in [-0.2, 0) is 24.0 Å². The summed E-state index contributed by atoms with van der Waals surface area (Å²) in [4.78, 5) is 57.6. The summed E-state index contributed by atoms with van der Waals surface area (Å²) in [5.41, 5.74) is 5.17. The lowest BCUT2D eigenvalue weighted by Gasteiger charge is -2.28. The molecule has 2 unspecified atom stereocenters. The van der Waals surface area contributed by atoms with Crippen LogP contribution in [0.2, 0.25) is 0 Å². The molecule has 0 aromatic rings. The fourth-order valence-corrected chi connectivity index (χ4v) is 4.11. The molecule has 132 valence electrons. The number of ketones is 1. The molecule has 2 atom stereocenters. The highest BCUT2D eigenvalue weighted by atomic mass is 33.1. The van der Waals surface area contributed by atoms with Gasteiger partial charge in [0, 0.05) is 17.6 Å². The summed E-state index contributed by atoms with van der Waals surface area (Å²) in [5.74, 6) is -4.68. The third-order valence-corrected chi connectivity index (χ3v) is 5.53. The van der Waals surface area contributed by atoms with Gasteiger partial charge in [0.05, 0.1) is 18.0 Å². The molecule has 1 aliphatic heterocycles. The van der Waals surface area contributed by atoms with Crippen LogP contribution < -0.4 is 5.73 Å². The lowest BCUT2D eigenvalue weighted by atomic mass is 10.1. The van der Waals surface area contributed by atoms with Crippen molar-refractivity contribution >= 4 is 51.1 Å². The van der Waals surface area contributed by atoms with E-state index in [9.17, 15) is 29.1 Å². The zero-order valence-electron chi connectivity index (χ0n) is 12.6. The molecule has 1 heterocycles. The molecule has 24 heavy (non-hydrogen) atoms. The number of rotatable bonds is 9. The van der Waals surface area contributed by atoms with Gasteiger partial charge in [-0.15, -0.1) is 0 Å². The van der Waals surface area contributed by atoms with Gasteiger partial charge < -0.3 is 15.9 Å². The van der Waals surface area contributed by atoms with Crippen molar-refractivity contribution in [2.45, 2.75) is 25.4 Å². The highest BCUT2D eigenvalue weighted by molar-refractivity contribution is 8.76. The first-order chi connectivity index (χ1) is 11.1. The fourth-order valence-electron chi connectivity index (χ4n) is 1.71. The molecule has 0 aromatic heterocycles. The van der Waals surface area contributed by atoms with Gasteiger partial charge in [-0.1, -0.05) is 21.6 Å². The predicted molar refractivity (Wildman–Crippen MR) is 87.2 cm³/mol. The van der Waals surface area contributed by atoms with Crippen LogP contribution in [0.3, 0.4) is 0 Å². The van der Waals surface area contributed by atoms with Gasteiger partial charge >= 0.3 is 11.9 Å². The highest BCUT2D eigenvalue weighted by Crippen LogP contribution is 2.26. The second-order valence-electron chi connectivity index (χ2n) is 4.89. The lowest BCUT2D eigenvalue weighted by Crippen LogP contribution is -2.51. The van der Waals surface area contributed by atoms with E-state index in [0.29, 0.717) is 4.90 Å². The molecule has 0 aromatic carbocycles. The largest absolute Gasteiger partial charge is 0.480 e. The van der Waals surface area contributed by atoms with Crippen LogP contribution in [0.4, 0.5) is 0 Å². The Kier molecular flexibility index (Phi) is 7.45. The van der Waals surface area contributed by atoms with Gasteiger partial charge in [-0.05, 0) is 6.92 Å². The predicted octanol–water partition coefficient (Wildman–Crippen LogP) is -0.493. The Balaban J connectivity index is 2.73. The van der Waals surface area contributed by atoms with Crippen molar-refractivity contribution in [2.24, 2.45) is 5.73 Å². The zero-order valence-corrected chi connectivity index (χ0v) is 14.3. The molecule has 11 heteroatoms. The topological polar surface area (TPSA) is 155 Å². The minimum absolute atomic E-state index is 0.113. The van der Waals surface area contributed by atoms with Crippen molar-refractivity contribution in [3.8, 4) is 0 Å². The Morgan fingerprint density at radius 1 is 1.25 bits per heavy atom. The lowest BCUT2D eigenvalue weighted by molar-refractivity contribution is -0.156. The van der Waals surface area contributed by atoms with E-state index in [1.165, 1.54) is 6.92 Å². The summed E-state index contributed by atoms with van der Waals surface area (Å²) in [5, 5.41) is 18.1. The van der Waals surface area contributed by atoms with Crippen LogP contribution in [0.1, 0.15) is 13.3 Å². The van der Waals surface area contributed by atoms with E-state index in [0.717, 1.165) is 27.7 Å². The number of imide groups is 1. The monoisotopic (exact) mass is 376 g/mol. The summed E-state index contributed by atoms with van der Waals surface area (Å²) in [6, 6.07) is -2.10. The summed E-state index contributed by atoms with van der Waals surface area (Å²) in [6.07, 6.45) is 0.209. The summed E-state index contributed by atoms with van der Waals surface area (Å²) in [7, 11) is 2.22. The van der Waals surface area contributed by atoms with Crippen molar-refractivity contribution < 1.29 is 34.2 Å². The second kappa shape index (κ2) is 8.85. The number of Topliss-reactive ketones (excluding diaryl/α,β-unsaturated/α-hetero) is 1. The van der Waals surface area contributed by atoms with Crippen LogP contribution in [0.25, 0.3) is 0 Å². The molecule has 0 saturated heterocycles. The number of carbonyl (C=O) groups excluding carboxylic acids is 3. The second-order valence-corrected chi connectivity index (χ2v) is 7.45. The quantitative estimate of drug-likeness (QED) is 0.272. The standard InChI is InChI=1S/C13H16N2O7S2/c1-6(16)8(14)4-23-24-5-9(13(21)22)15-10(17)2-7(12(19)20)3-11(15)18/h2,8-9H,3-5,14H2,1H3,(H,19,20)(H,21,22). The third-order valence-electron chi connectivity index (χ3n) is 3.10. The molecule has 0 bridgehead atoms. The maximum atomic E-state index is 12.0. The average molecular weight is 376 g/mol. The minimum atomic E-state index is -1.43. The van der Waals surface area contributed by atoms with E-state index in [-0.39, 0.29) is 22.9 Å². The van der Waals surface area contributed by atoms with Gasteiger partial charge in [-0.3, -0.25) is 19.3 Å². The fraction of sp³-hybridized carbons (Fsp3) is 0.462. The van der Waals surface area contributed by atoms with Crippen molar-refractivity contribution in [3.05, 3.63) is 11.6 Å². The van der Waals surface area contributed by atoms with E-state index < -0.39 is 42.3 Å². The summed E-state index contributed by atoms with van der Waals surface area (Å²) >= 11 is 0. The van der Waals surface area contributed by atoms with Crippen LogP contribution in [0.5, 0.6) is 0 Å². The van der Waals surface area contributed by atoms with E-state index in [1.54, 1.807) is 0 Å². The molecule has 0 saturated carbocycles. The van der Waals surface area contributed by atoms with E-state index in [1.807, 2.05) is 0 Å². The van der Waals surface area contributed by atoms with Crippen molar-refractivity contribution in [2.75, 3.05) is 11.5 Å². The van der Waals surface area contributed by atoms with Gasteiger partial charge in [-0.2, -0.15) is 0 Å². The van der Waals surface area contributed by atoms with Crippen molar-refractivity contribution in [1.29, 1.82) is 0 Å². The van der Waals surface area contributed by atoms with Crippen LogP contribution in [0, 0.1) is 0 Å². The van der Waals surface area contributed by atoms with Gasteiger partial charge in [-0.25, -0.2) is 9.59 Å².